The Morgan fingerprint density at radius 2 is 2.20 bits per heavy atom. The van der Waals surface area contributed by atoms with Crippen LogP contribution in [0.15, 0.2) is 28.7 Å². The molecule has 1 unspecified atom stereocenters. The highest BCUT2D eigenvalue weighted by molar-refractivity contribution is 9.10. The average Bonchev–Trinajstić information content (AvgIpc) is 2.18. The molecule has 0 aliphatic heterocycles. The van der Waals surface area contributed by atoms with Crippen molar-refractivity contribution in [2.45, 2.75) is 19.5 Å². The van der Waals surface area contributed by atoms with Gasteiger partial charge in [0.15, 0.2) is 0 Å². The molecule has 0 radical (unpaired) electrons. The molecular weight excluding hydrogens is 254 g/mol. The van der Waals surface area contributed by atoms with E-state index in [2.05, 4.69) is 53.0 Å². The fraction of sp³-hybridized carbons (Fsp3) is 0.500. The Morgan fingerprint density at radius 3 is 2.80 bits per heavy atom. The predicted octanol–water partition coefficient (Wildman–Crippen LogP) is 2.92. The summed E-state index contributed by atoms with van der Waals surface area (Å²) in [6.45, 7) is 3.88. The van der Waals surface area contributed by atoms with Crippen molar-refractivity contribution in [3.05, 3.63) is 34.3 Å². The zero-order valence-electron chi connectivity index (χ0n) is 9.53. The minimum atomic E-state index is 0.439. The van der Waals surface area contributed by atoms with Gasteiger partial charge in [-0.25, -0.2) is 0 Å². The fourth-order valence-corrected chi connectivity index (χ4v) is 1.89. The summed E-state index contributed by atoms with van der Waals surface area (Å²) in [4.78, 5) is 2.28. The van der Waals surface area contributed by atoms with Gasteiger partial charge < -0.3 is 4.74 Å². The van der Waals surface area contributed by atoms with Gasteiger partial charge in [-0.05, 0) is 31.7 Å². The zero-order valence-corrected chi connectivity index (χ0v) is 11.1. The fourth-order valence-electron chi connectivity index (χ4n) is 1.45. The third kappa shape index (κ3) is 4.33. The lowest BCUT2D eigenvalue weighted by atomic mass is 10.2. The largest absolute Gasteiger partial charge is 0.383 e. The summed E-state index contributed by atoms with van der Waals surface area (Å²) < 4.78 is 6.27. The number of methoxy groups -OCH3 is 1. The van der Waals surface area contributed by atoms with E-state index >= 15 is 0 Å². The third-order valence-corrected chi connectivity index (χ3v) is 2.97. The van der Waals surface area contributed by atoms with Crippen molar-refractivity contribution in [1.82, 2.24) is 4.90 Å². The molecule has 1 aromatic carbocycles. The van der Waals surface area contributed by atoms with Gasteiger partial charge in [0.25, 0.3) is 0 Å². The normalized spacial score (nSPS) is 13.1. The molecular formula is C12H18BrNO. The molecule has 0 aromatic heterocycles. The van der Waals surface area contributed by atoms with Gasteiger partial charge in [-0.15, -0.1) is 0 Å². The van der Waals surface area contributed by atoms with E-state index in [1.165, 1.54) is 5.56 Å². The number of halogens is 1. The molecule has 84 valence electrons. The number of benzene rings is 1. The molecule has 0 bridgehead atoms. The molecule has 0 N–H and O–H groups in total. The first-order valence-electron chi connectivity index (χ1n) is 5.07. The Morgan fingerprint density at radius 1 is 1.47 bits per heavy atom. The molecule has 0 saturated carbocycles. The van der Waals surface area contributed by atoms with Crippen LogP contribution in [0.5, 0.6) is 0 Å². The summed E-state index contributed by atoms with van der Waals surface area (Å²) in [7, 11) is 3.86. The molecule has 15 heavy (non-hydrogen) atoms. The van der Waals surface area contributed by atoms with Crippen LogP contribution in [0.3, 0.4) is 0 Å². The molecule has 1 aromatic rings. The summed E-state index contributed by atoms with van der Waals surface area (Å²) in [6, 6.07) is 8.83. The summed E-state index contributed by atoms with van der Waals surface area (Å²) in [5.41, 5.74) is 1.31. The van der Waals surface area contributed by atoms with Crippen molar-refractivity contribution in [3.8, 4) is 0 Å². The molecule has 0 spiro atoms. The summed E-state index contributed by atoms with van der Waals surface area (Å²) in [6.07, 6.45) is 0. The Balaban J connectivity index is 2.54. The van der Waals surface area contributed by atoms with E-state index in [4.69, 9.17) is 4.74 Å². The van der Waals surface area contributed by atoms with Gasteiger partial charge in [-0.1, -0.05) is 28.1 Å². The standard InChI is InChI=1S/C12H18BrNO/c1-10(9-15-3)14(2)8-11-5-4-6-12(13)7-11/h4-7,10H,8-9H2,1-3H3. The Kier molecular flexibility index (Phi) is 5.29. The first-order valence-corrected chi connectivity index (χ1v) is 5.86. The third-order valence-electron chi connectivity index (χ3n) is 2.48. The molecule has 0 aliphatic carbocycles. The van der Waals surface area contributed by atoms with Gasteiger partial charge >= 0.3 is 0 Å². The first kappa shape index (κ1) is 12.7. The molecule has 0 saturated heterocycles. The molecule has 2 nitrogen and oxygen atoms in total. The van der Waals surface area contributed by atoms with E-state index in [0.717, 1.165) is 17.6 Å². The lowest BCUT2D eigenvalue weighted by Gasteiger charge is -2.24. The number of nitrogens with zero attached hydrogens (tertiary/aromatic N) is 1. The van der Waals surface area contributed by atoms with Crippen LogP contribution < -0.4 is 0 Å². The van der Waals surface area contributed by atoms with Crippen molar-refractivity contribution < 1.29 is 4.74 Å². The van der Waals surface area contributed by atoms with E-state index in [9.17, 15) is 0 Å². The second kappa shape index (κ2) is 6.26. The van der Waals surface area contributed by atoms with Crippen molar-refractivity contribution in [2.75, 3.05) is 20.8 Å². The number of likely N-dealkylation sites (N-methyl/N-ethyl adjacent to an activating group) is 1. The number of hydrogen-bond donors (Lipinski definition) is 0. The first-order chi connectivity index (χ1) is 7.13. The predicted molar refractivity (Wildman–Crippen MR) is 66.9 cm³/mol. The van der Waals surface area contributed by atoms with Gasteiger partial charge in [-0.3, -0.25) is 4.90 Å². The van der Waals surface area contributed by atoms with E-state index in [0.29, 0.717) is 6.04 Å². The molecule has 1 atom stereocenters. The minimum Gasteiger partial charge on any atom is -0.383 e. The molecule has 1 rings (SSSR count). The van der Waals surface area contributed by atoms with Crippen LogP contribution in [0, 0.1) is 0 Å². The maximum absolute atomic E-state index is 5.14. The summed E-state index contributed by atoms with van der Waals surface area (Å²) >= 11 is 3.48. The zero-order chi connectivity index (χ0) is 11.3. The number of ether oxygens (including phenoxy) is 1. The monoisotopic (exact) mass is 271 g/mol. The van der Waals surface area contributed by atoms with Gasteiger partial charge in [-0.2, -0.15) is 0 Å². The van der Waals surface area contributed by atoms with Gasteiger partial charge in [0, 0.05) is 24.2 Å². The smallest absolute Gasteiger partial charge is 0.0615 e. The van der Waals surface area contributed by atoms with Crippen LogP contribution in [0.25, 0.3) is 0 Å². The maximum Gasteiger partial charge on any atom is 0.0615 e. The maximum atomic E-state index is 5.14. The van der Waals surface area contributed by atoms with Crippen molar-refractivity contribution in [1.29, 1.82) is 0 Å². The van der Waals surface area contributed by atoms with Crippen molar-refractivity contribution in [2.24, 2.45) is 0 Å². The number of rotatable bonds is 5. The van der Waals surface area contributed by atoms with E-state index in [-0.39, 0.29) is 0 Å². The summed E-state index contributed by atoms with van der Waals surface area (Å²) in [5.74, 6) is 0. The van der Waals surface area contributed by atoms with Crippen LogP contribution in [-0.4, -0.2) is 31.7 Å². The van der Waals surface area contributed by atoms with E-state index in [1.54, 1.807) is 7.11 Å². The highest BCUT2D eigenvalue weighted by Gasteiger charge is 2.08. The lowest BCUT2D eigenvalue weighted by molar-refractivity contribution is 0.112. The van der Waals surface area contributed by atoms with Gasteiger partial charge in [0.2, 0.25) is 0 Å². The minimum absolute atomic E-state index is 0.439. The van der Waals surface area contributed by atoms with Crippen molar-refractivity contribution in [3.63, 3.8) is 0 Å². The van der Waals surface area contributed by atoms with Crippen LogP contribution in [-0.2, 0) is 11.3 Å². The van der Waals surface area contributed by atoms with Gasteiger partial charge in [0.05, 0.1) is 6.61 Å². The lowest BCUT2D eigenvalue weighted by Crippen LogP contribution is -2.32. The van der Waals surface area contributed by atoms with Crippen molar-refractivity contribution >= 4 is 15.9 Å². The summed E-state index contributed by atoms with van der Waals surface area (Å²) in [5, 5.41) is 0. The topological polar surface area (TPSA) is 12.5 Å². The van der Waals surface area contributed by atoms with E-state index in [1.807, 2.05) is 6.07 Å². The van der Waals surface area contributed by atoms with E-state index < -0.39 is 0 Å². The van der Waals surface area contributed by atoms with Crippen LogP contribution in [0.1, 0.15) is 12.5 Å². The van der Waals surface area contributed by atoms with Crippen LogP contribution in [0.4, 0.5) is 0 Å². The van der Waals surface area contributed by atoms with Crippen LogP contribution >= 0.6 is 15.9 Å². The van der Waals surface area contributed by atoms with Gasteiger partial charge in [0.1, 0.15) is 0 Å². The molecule has 0 amide bonds. The molecule has 0 heterocycles. The molecule has 3 heteroatoms. The number of hydrogen-bond acceptors (Lipinski definition) is 2. The van der Waals surface area contributed by atoms with Crippen LogP contribution in [0.2, 0.25) is 0 Å². The second-order valence-corrected chi connectivity index (χ2v) is 4.77. The quantitative estimate of drug-likeness (QED) is 0.817. The molecule has 0 fully saturated rings. The second-order valence-electron chi connectivity index (χ2n) is 3.85. The molecule has 0 aliphatic rings. The average molecular weight is 272 g/mol. The highest BCUT2D eigenvalue weighted by atomic mass is 79.9. The Bertz CT molecular complexity index is 303. The SMILES string of the molecule is COCC(C)N(C)Cc1cccc(Br)c1. The highest BCUT2D eigenvalue weighted by Crippen LogP contribution is 2.13. The Labute approximate surface area is 100 Å². The Hall–Kier alpha value is -0.380.